The maximum absolute atomic E-state index is 10.6. The lowest BCUT2D eigenvalue weighted by Crippen LogP contribution is -2.26. The lowest BCUT2D eigenvalue weighted by atomic mass is 10.3. The average molecular weight is 198 g/mol. The Morgan fingerprint density at radius 1 is 1.43 bits per heavy atom. The molecule has 0 atom stereocenters. The smallest absolute Gasteiger partial charge is 0.216 e. The number of allylic oxidation sites excluding steroid dienone is 1. The largest absolute Gasteiger partial charge is 0.356 e. The number of rotatable bonds is 7. The van der Waals surface area contributed by atoms with Crippen molar-refractivity contribution in [2.75, 3.05) is 26.7 Å². The van der Waals surface area contributed by atoms with Crippen molar-refractivity contribution in [3.05, 3.63) is 12.2 Å². The monoisotopic (exact) mass is 198 g/mol. The Balaban J connectivity index is 3.26. The minimum atomic E-state index is 0.0570. The van der Waals surface area contributed by atoms with Crippen LogP contribution in [0.15, 0.2) is 12.2 Å². The second kappa shape index (κ2) is 8.75. The summed E-state index contributed by atoms with van der Waals surface area (Å²) < 4.78 is 0. The molecule has 82 valence electrons. The second-order valence-electron chi connectivity index (χ2n) is 3.50. The van der Waals surface area contributed by atoms with Gasteiger partial charge in [0, 0.05) is 20.0 Å². The van der Waals surface area contributed by atoms with Crippen LogP contribution >= 0.6 is 0 Å². The van der Waals surface area contributed by atoms with E-state index >= 15 is 0 Å². The standard InChI is InChI=1S/C11H22N2O/c1-4-5-6-9-13(3)10-7-8-12-11(2)14/h4-5H,6-10H2,1-3H3,(H,12,14)/b5-4-. The highest BCUT2D eigenvalue weighted by molar-refractivity contribution is 5.72. The van der Waals surface area contributed by atoms with Gasteiger partial charge in [-0.2, -0.15) is 0 Å². The molecule has 1 amide bonds. The summed E-state index contributed by atoms with van der Waals surface area (Å²) in [6.07, 6.45) is 6.37. The highest BCUT2D eigenvalue weighted by Gasteiger charge is 1.96. The van der Waals surface area contributed by atoms with Gasteiger partial charge in [0.2, 0.25) is 5.91 Å². The third-order valence-corrected chi connectivity index (χ3v) is 2.00. The van der Waals surface area contributed by atoms with Crippen molar-refractivity contribution in [3.8, 4) is 0 Å². The van der Waals surface area contributed by atoms with Crippen LogP contribution in [0.4, 0.5) is 0 Å². The minimum Gasteiger partial charge on any atom is -0.356 e. The number of hydrogen-bond donors (Lipinski definition) is 1. The highest BCUT2D eigenvalue weighted by atomic mass is 16.1. The Labute approximate surface area is 87.2 Å². The van der Waals surface area contributed by atoms with E-state index in [2.05, 4.69) is 29.4 Å². The van der Waals surface area contributed by atoms with Gasteiger partial charge in [-0.25, -0.2) is 0 Å². The quantitative estimate of drug-likeness (QED) is 0.495. The molecule has 0 bridgehead atoms. The molecule has 14 heavy (non-hydrogen) atoms. The van der Waals surface area contributed by atoms with Gasteiger partial charge in [0.05, 0.1) is 0 Å². The number of carbonyl (C=O) groups is 1. The molecule has 0 fully saturated rings. The molecule has 0 aromatic carbocycles. The molecule has 1 N–H and O–H groups in total. The summed E-state index contributed by atoms with van der Waals surface area (Å²) >= 11 is 0. The predicted molar refractivity (Wildman–Crippen MR) is 60.2 cm³/mol. The van der Waals surface area contributed by atoms with E-state index in [9.17, 15) is 4.79 Å². The fourth-order valence-electron chi connectivity index (χ4n) is 1.19. The van der Waals surface area contributed by atoms with E-state index in [4.69, 9.17) is 0 Å². The molecule has 3 heteroatoms. The Kier molecular flexibility index (Phi) is 8.24. The molecule has 3 nitrogen and oxygen atoms in total. The van der Waals surface area contributed by atoms with E-state index < -0.39 is 0 Å². The number of nitrogens with zero attached hydrogens (tertiary/aromatic N) is 1. The molecular weight excluding hydrogens is 176 g/mol. The van der Waals surface area contributed by atoms with Gasteiger partial charge in [-0.1, -0.05) is 12.2 Å². The van der Waals surface area contributed by atoms with Crippen molar-refractivity contribution in [3.63, 3.8) is 0 Å². The van der Waals surface area contributed by atoms with Gasteiger partial charge in [-0.05, 0) is 33.4 Å². The first-order chi connectivity index (χ1) is 6.66. The van der Waals surface area contributed by atoms with Crippen molar-refractivity contribution in [2.24, 2.45) is 0 Å². The van der Waals surface area contributed by atoms with E-state index in [0.717, 1.165) is 32.5 Å². The van der Waals surface area contributed by atoms with Gasteiger partial charge in [0.1, 0.15) is 0 Å². The van der Waals surface area contributed by atoms with Gasteiger partial charge >= 0.3 is 0 Å². The summed E-state index contributed by atoms with van der Waals surface area (Å²) in [4.78, 5) is 12.8. The molecule has 0 spiro atoms. The van der Waals surface area contributed by atoms with Gasteiger partial charge in [0.25, 0.3) is 0 Å². The van der Waals surface area contributed by atoms with Crippen molar-refractivity contribution in [1.29, 1.82) is 0 Å². The van der Waals surface area contributed by atoms with Gasteiger partial charge in [-0.15, -0.1) is 0 Å². The summed E-state index contributed by atoms with van der Waals surface area (Å²) in [5.74, 6) is 0.0570. The third kappa shape index (κ3) is 9.26. The van der Waals surface area contributed by atoms with Crippen LogP contribution in [0.1, 0.15) is 26.7 Å². The van der Waals surface area contributed by atoms with E-state index in [1.165, 1.54) is 0 Å². The maximum atomic E-state index is 10.6. The van der Waals surface area contributed by atoms with E-state index in [-0.39, 0.29) is 5.91 Å². The molecule has 0 heterocycles. The van der Waals surface area contributed by atoms with Crippen molar-refractivity contribution < 1.29 is 4.79 Å². The van der Waals surface area contributed by atoms with Crippen LogP contribution < -0.4 is 5.32 Å². The summed E-state index contributed by atoms with van der Waals surface area (Å²) in [6.45, 7) is 6.50. The molecule has 0 aliphatic heterocycles. The lowest BCUT2D eigenvalue weighted by molar-refractivity contribution is -0.118. The average Bonchev–Trinajstić information content (AvgIpc) is 2.13. The second-order valence-corrected chi connectivity index (χ2v) is 3.50. The van der Waals surface area contributed by atoms with Crippen LogP contribution in [0.3, 0.4) is 0 Å². The fraction of sp³-hybridized carbons (Fsp3) is 0.727. The summed E-state index contributed by atoms with van der Waals surface area (Å²) in [5.41, 5.74) is 0. The van der Waals surface area contributed by atoms with E-state index in [1.807, 2.05) is 6.92 Å². The lowest BCUT2D eigenvalue weighted by Gasteiger charge is -2.15. The molecule has 0 saturated carbocycles. The van der Waals surface area contributed by atoms with Crippen LogP contribution in [-0.2, 0) is 4.79 Å². The molecule has 0 aromatic rings. The molecule has 0 unspecified atom stereocenters. The zero-order valence-corrected chi connectivity index (χ0v) is 9.55. The Morgan fingerprint density at radius 2 is 2.14 bits per heavy atom. The molecule has 0 rings (SSSR count). The van der Waals surface area contributed by atoms with Crippen molar-refractivity contribution in [1.82, 2.24) is 10.2 Å². The number of hydrogen-bond acceptors (Lipinski definition) is 2. The summed E-state index contributed by atoms with van der Waals surface area (Å²) in [6, 6.07) is 0. The van der Waals surface area contributed by atoms with Crippen LogP contribution in [0, 0.1) is 0 Å². The summed E-state index contributed by atoms with van der Waals surface area (Å²) in [5, 5.41) is 2.79. The fourth-order valence-corrected chi connectivity index (χ4v) is 1.19. The SMILES string of the molecule is C/C=C\CCN(C)CCCNC(C)=O. The maximum Gasteiger partial charge on any atom is 0.216 e. The molecule has 0 aromatic heterocycles. The topological polar surface area (TPSA) is 32.3 Å². The van der Waals surface area contributed by atoms with Gasteiger partial charge < -0.3 is 10.2 Å². The number of amides is 1. The number of carbonyl (C=O) groups excluding carboxylic acids is 1. The molecule has 0 aliphatic rings. The third-order valence-electron chi connectivity index (χ3n) is 2.00. The first-order valence-electron chi connectivity index (χ1n) is 5.21. The Morgan fingerprint density at radius 3 is 2.71 bits per heavy atom. The van der Waals surface area contributed by atoms with Crippen LogP contribution in [0.5, 0.6) is 0 Å². The van der Waals surface area contributed by atoms with Crippen molar-refractivity contribution >= 4 is 5.91 Å². The predicted octanol–water partition coefficient (Wildman–Crippen LogP) is 1.41. The molecule has 0 radical (unpaired) electrons. The van der Waals surface area contributed by atoms with E-state index in [0.29, 0.717) is 0 Å². The Hall–Kier alpha value is -0.830. The van der Waals surface area contributed by atoms with E-state index in [1.54, 1.807) is 6.92 Å². The van der Waals surface area contributed by atoms with Crippen molar-refractivity contribution in [2.45, 2.75) is 26.7 Å². The van der Waals surface area contributed by atoms with Gasteiger partial charge in [0.15, 0.2) is 0 Å². The minimum absolute atomic E-state index is 0.0570. The van der Waals surface area contributed by atoms with Crippen LogP contribution in [0.25, 0.3) is 0 Å². The number of nitrogens with one attached hydrogen (secondary N) is 1. The first kappa shape index (κ1) is 13.2. The normalized spacial score (nSPS) is 11.1. The first-order valence-corrected chi connectivity index (χ1v) is 5.21. The van der Waals surface area contributed by atoms with Crippen LogP contribution in [-0.4, -0.2) is 37.5 Å². The molecule has 0 aliphatic carbocycles. The molecule has 0 saturated heterocycles. The summed E-state index contributed by atoms with van der Waals surface area (Å²) in [7, 11) is 2.11. The molecular formula is C11H22N2O. The van der Waals surface area contributed by atoms with Crippen LogP contribution in [0.2, 0.25) is 0 Å². The zero-order chi connectivity index (χ0) is 10.8. The van der Waals surface area contributed by atoms with Gasteiger partial charge in [-0.3, -0.25) is 4.79 Å². The highest BCUT2D eigenvalue weighted by Crippen LogP contribution is 1.91. The Bertz CT molecular complexity index is 178. The zero-order valence-electron chi connectivity index (χ0n) is 9.55.